The number of guanidine groups is 1. The van der Waals surface area contributed by atoms with E-state index in [1.807, 2.05) is 29.1 Å². The van der Waals surface area contributed by atoms with E-state index in [1.165, 1.54) is 11.1 Å². The second-order valence-corrected chi connectivity index (χ2v) is 7.69. The molecule has 1 aliphatic heterocycles. The van der Waals surface area contributed by atoms with Crippen LogP contribution in [0.15, 0.2) is 66.0 Å². The van der Waals surface area contributed by atoms with Crippen LogP contribution in [-0.4, -0.2) is 46.9 Å². The van der Waals surface area contributed by atoms with Crippen LogP contribution in [0.25, 0.3) is 0 Å². The van der Waals surface area contributed by atoms with Gasteiger partial charge < -0.3 is 15.5 Å². The largest absolute Gasteiger partial charge is 0.353 e. The van der Waals surface area contributed by atoms with Crippen molar-refractivity contribution in [2.75, 3.05) is 25.0 Å². The van der Waals surface area contributed by atoms with Gasteiger partial charge in [-0.25, -0.2) is 4.98 Å². The molecule has 3 aromatic rings. The zero-order valence-electron chi connectivity index (χ0n) is 17.4. The minimum absolute atomic E-state index is 0. The lowest BCUT2D eigenvalue weighted by Gasteiger charge is -2.20. The number of rotatable bonds is 6. The average Bonchev–Trinajstić information content (AvgIpc) is 3.44. The normalized spacial score (nSPS) is 16.1. The Bertz CT molecular complexity index is 993. The molecule has 0 amide bonds. The second kappa shape index (κ2) is 11.3. The van der Waals surface area contributed by atoms with Crippen molar-refractivity contribution in [1.29, 1.82) is 0 Å². The van der Waals surface area contributed by atoms with Crippen molar-refractivity contribution in [3.63, 3.8) is 0 Å². The van der Waals surface area contributed by atoms with E-state index in [2.05, 4.69) is 54.9 Å². The third kappa shape index (κ3) is 6.10. The Balaban J connectivity index is 0.00000272. The standard InChI is InChI=1S/C22H26ClN7.HI/c1-24-22(28-19-9-13-29(16-19)21-20(23)8-4-10-25-21)26-14-17-6-2-3-7-18(17)15-30-12-5-11-27-30;/h2-8,10-12,19H,9,13-16H2,1H3,(H2,24,26,28);1H. The van der Waals surface area contributed by atoms with Gasteiger partial charge in [0.15, 0.2) is 5.96 Å². The van der Waals surface area contributed by atoms with E-state index in [-0.39, 0.29) is 30.0 Å². The number of nitrogens with zero attached hydrogens (tertiary/aromatic N) is 5. The van der Waals surface area contributed by atoms with E-state index >= 15 is 0 Å². The zero-order valence-corrected chi connectivity index (χ0v) is 20.5. The highest BCUT2D eigenvalue weighted by molar-refractivity contribution is 14.0. The molecule has 1 atom stereocenters. The first-order chi connectivity index (χ1) is 14.7. The summed E-state index contributed by atoms with van der Waals surface area (Å²) < 4.78 is 1.93. The van der Waals surface area contributed by atoms with Crippen LogP contribution in [0, 0.1) is 0 Å². The van der Waals surface area contributed by atoms with E-state index in [0.717, 1.165) is 37.8 Å². The van der Waals surface area contributed by atoms with E-state index in [0.29, 0.717) is 11.6 Å². The van der Waals surface area contributed by atoms with Crippen molar-refractivity contribution < 1.29 is 0 Å². The molecule has 1 aromatic carbocycles. The number of hydrogen-bond acceptors (Lipinski definition) is 4. The van der Waals surface area contributed by atoms with Crippen LogP contribution in [0.5, 0.6) is 0 Å². The summed E-state index contributed by atoms with van der Waals surface area (Å²) >= 11 is 6.30. The Hall–Kier alpha value is -2.33. The molecule has 0 radical (unpaired) electrons. The Labute approximate surface area is 204 Å². The van der Waals surface area contributed by atoms with Gasteiger partial charge in [-0.2, -0.15) is 5.10 Å². The maximum absolute atomic E-state index is 6.30. The predicted octanol–water partition coefficient (Wildman–Crippen LogP) is 3.54. The number of benzene rings is 1. The lowest BCUT2D eigenvalue weighted by Crippen LogP contribution is -2.44. The number of nitrogens with one attached hydrogen (secondary N) is 2. The molecule has 1 fully saturated rings. The van der Waals surface area contributed by atoms with Gasteiger partial charge in [-0.3, -0.25) is 9.67 Å². The van der Waals surface area contributed by atoms with Crippen LogP contribution in [0.3, 0.4) is 0 Å². The van der Waals surface area contributed by atoms with Crippen LogP contribution in [0.4, 0.5) is 5.82 Å². The van der Waals surface area contributed by atoms with E-state index in [9.17, 15) is 0 Å². The molecule has 31 heavy (non-hydrogen) atoms. The molecular weight excluding hydrogens is 525 g/mol. The molecule has 0 spiro atoms. The minimum atomic E-state index is 0. The molecular formula is C22H27ClIN7. The molecule has 2 aromatic heterocycles. The van der Waals surface area contributed by atoms with Crippen LogP contribution in [0.2, 0.25) is 5.02 Å². The van der Waals surface area contributed by atoms with Crippen molar-refractivity contribution in [3.8, 4) is 0 Å². The van der Waals surface area contributed by atoms with Gasteiger partial charge in [0.1, 0.15) is 5.82 Å². The molecule has 9 heteroatoms. The summed E-state index contributed by atoms with van der Waals surface area (Å²) in [4.78, 5) is 11.0. The lowest BCUT2D eigenvalue weighted by molar-refractivity contribution is 0.645. The number of anilines is 1. The zero-order chi connectivity index (χ0) is 20.8. The van der Waals surface area contributed by atoms with Gasteiger partial charge in [0.05, 0.1) is 11.6 Å². The van der Waals surface area contributed by atoms with Crippen molar-refractivity contribution >= 4 is 47.4 Å². The Morgan fingerprint density at radius 1 is 1.16 bits per heavy atom. The first-order valence-electron chi connectivity index (χ1n) is 10.1. The van der Waals surface area contributed by atoms with Gasteiger partial charge in [0, 0.05) is 51.3 Å². The summed E-state index contributed by atoms with van der Waals surface area (Å²) in [7, 11) is 1.80. The highest BCUT2D eigenvalue weighted by Gasteiger charge is 2.25. The van der Waals surface area contributed by atoms with Gasteiger partial charge in [-0.05, 0) is 35.7 Å². The van der Waals surface area contributed by atoms with Gasteiger partial charge in [-0.1, -0.05) is 35.9 Å². The quantitative estimate of drug-likeness (QED) is 0.279. The number of aromatic nitrogens is 3. The van der Waals surface area contributed by atoms with Crippen LogP contribution >= 0.6 is 35.6 Å². The fraction of sp³-hybridized carbons (Fsp3) is 0.318. The highest BCUT2D eigenvalue weighted by atomic mass is 127. The van der Waals surface area contributed by atoms with Crippen molar-refractivity contribution in [2.24, 2.45) is 4.99 Å². The molecule has 164 valence electrons. The van der Waals surface area contributed by atoms with Gasteiger partial charge in [0.2, 0.25) is 0 Å². The van der Waals surface area contributed by atoms with Crippen molar-refractivity contribution in [1.82, 2.24) is 25.4 Å². The van der Waals surface area contributed by atoms with Gasteiger partial charge in [-0.15, -0.1) is 24.0 Å². The Morgan fingerprint density at radius 3 is 2.74 bits per heavy atom. The summed E-state index contributed by atoms with van der Waals surface area (Å²) in [6.07, 6.45) is 6.56. The van der Waals surface area contributed by atoms with Crippen LogP contribution in [-0.2, 0) is 13.1 Å². The first-order valence-corrected chi connectivity index (χ1v) is 10.5. The number of pyridine rings is 1. The third-order valence-corrected chi connectivity index (χ3v) is 5.54. The average molecular weight is 552 g/mol. The summed E-state index contributed by atoms with van der Waals surface area (Å²) in [5, 5.41) is 12.0. The second-order valence-electron chi connectivity index (χ2n) is 7.28. The Kier molecular flexibility index (Phi) is 8.53. The van der Waals surface area contributed by atoms with Gasteiger partial charge in [0.25, 0.3) is 0 Å². The number of hydrogen-bond donors (Lipinski definition) is 2. The Morgan fingerprint density at radius 2 is 2.00 bits per heavy atom. The van der Waals surface area contributed by atoms with Crippen molar-refractivity contribution in [3.05, 3.63) is 77.2 Å². The molecule has 0 saturated carbocycles. The first kappa shape index (κ1) is 23.3. The molecule has 3 heterocycles. The fourth-order valence-electron chi connectivity index (χ4n) is 3.70. The third-order valence-electron chi connectivity index (χ3n) is 5.25. The smallest absolute Gasteiger partial charge is 0.191 e. The predicted molar refractivity (Wildman–Crippen MR) is 136 cm³/mol. The maximum Gasteiger partial charge on any atom is 0.191 e. The molecule has 7 nitrogen and oxygen atoms in total. The number of aliphatic imine (C=N–C) groups is 1. The molecule has 1 unspecified atom stereocenters. The summed E-state index contributed by atoms with van der Waals surface area (Å²) in [6.45, 7) is 3.20. The summed E-state index contributed by atoms with van der Waals surface area (Å²) in [5.74, 6) is 1.64. The van der Waals surface area contributed by atoms with Gasteiger partial charge >= 0.3 is 0 Å². The summed E-state index contributed by atoms with van der Waals surface area (Å²) in [6, 6.07) is 14.4. The molecule has 2 N–H and O–H groups in total. The van der Waals surface area contributed by atoms with Crippen molar-refractivity contribution in [2.45, 2.75) is 25.6 Å². The molecule has 0 aliphatic carbocycles. The monoisotopic (exact) mass is 551 g/mol. The molecule has 1 saturated heterocycles. The van der Waals surface area contributed by atoms with Crippen LogP contribution < -0.4 is 15.5 Å². The van der Waals surface area contributed by atoms with E-state index < -0.39 is 0 Å². The fourth-order valence-corrected chi connectivity index (χ4v) is 3.94. The van der Waals surface area contributed by atoms with E-state index in [1.54, 1.807) is 19.4 Å². The van der Waals surface area contributed by atoms with Crippen LogP contribution in [0.1, 0.15) is 17.5 Å². The minimum Gasteiger partial charge on any atom is -0.353 e. The summed E-state index contributed by atoms with van der Waals surface area (Å²) in [5.41, 5.74) is 2.46. The highest BCUT2D eigenvalue weighted by Crippen LogP contribution is 2.25. The SMILES string of the molecule is CN=C(NCc1ccccc1Cn1cccn1)NC1CCN(c2ncccc2Cl)C1.I. The molecule has 1 aliphatic rings. The lowest BCUT2D eigenvalue weighted by atomic mass is 10.1. The molecule has 0 bridgehead atoms. The number of halogens is 2. The molecule has 4 rings (SSSR count). The maximum atomic E-state index is 6.30. The van der Waals surface area contributed by atoms with E-state index in [4.69, 9.17) is 11.6 Å². The topological polar surface area (TPSA) is 70.4 Å².